The number of rotatable bonds is 1. The van der Waals surface area contributed by atoms with E-state index in [4.69, 9.17) is 0 Å². The Morgan fingerprint density at radius 1 is 1.21 bits per heavy atom. The van der Waals surface area contributed by atoms with Gasteiger partial charge >= 0.3 is 0 Å². The lowest BCUT2D eigenvalue weighted by molar-refractivity contribution is -0.126. The highest BCUT2D eigenvalue weighted by Crippen LogP contribution is 2.22. The van der Waals surface area contributed by atoms with Crippen LogP contribution in [0.3, 0.4) is 0 Å². The van der Waals surface area contributed by atoms with Gasteiger partial charge in [-0.05, 0) is 19.1 Å². The molecule has 0 bridgehead atoms. The first-order valence-electron chi connectivity index (χ1n) is 4.59. The molecule has 1 unspecified atom stereocenters. The summed E-state index contributed by atoms with van der Waals surface area (Å²) in [6, 6.07) is 9.27. The van der Waals surface area contributed by atoms with Crippen LogP contribution in [-0.2, 0) is 9.59 Å². The molecule has 0 saturated carbocycles. The highest BCUT2D eigenvalue weighted by molar-refractivity contribution is 6.17. The Morgan fingerprint density at radius 3 is 2.36 bits per heavy atom. The largest absolute Gasteiger partial charge is 0.304 e. The quantitative estimate of drug-likeness (QED) is 0.623. The maximum Gasteiger partial charge on any atom is 0.237 e. The fourth-order valence-corrected chi connectivity index (χ4v) is 1.57. The van der Waals surface area contributed by atoms with Gasteiger partial charge in [-0.25, -0.2) is 0 Å². The summed E-state index contributed by atoms with van der Waals surface area (Å²) in [5.41, 5.74) is 0.801. The monoisotopic (exact) mass is 189 g/mol. The van der Waals surface area contributed by atoms with Crippen molar-refractivity contribution in [3.63, 3.8) is 0 Å². The summed E-state index contributed by atoms with van der Waals surface area (Å²) in [5.74, 6) is -0.574. The van der Waals surface area contributed by atoms with Gasteiger partial charge in [0, 0.05) is 5.69 Å². The summed E-state index contributed by atoms with van der Waals surface area (Å²) in [7, 11) is 0. The van der Waals surface area contributed by atoms with Gasteiger partial charge in [0.2, 0.25) is 5.91 Å². The van der Waals surface area contributed by atoms with E-state index in [0.717, 1.165) is 5.69 Å². The second-order valence-electron chi connectivity index (χ2n) is 3.45. The third-order valence-corrected chi connectivity index (χ3v) is 2.50. The molecule has 1 amide bonds. The van der Waals surface area contributed by atoms with Crippen LogP contribution in [0.2, 0.25) is 0 Å². The number of hydrogen-bond acceptors (Lipinski definition) is 2. The Balaban J connectivity index is 2.30. The molecule has 1 atom stereocenters. The average Bonchev–Trinajstić information content (AvgIpc) is 2.47. The average molecular weight is 189 g/mol. The fourth-order valence-electron chi connectivity index (χ4n) is 1.57. The third-order valence-electron chi connectivity index (χ3n) is 2.50. The lowest BCUT2D eigenvalue weighted by Crippen LogP contribution is -2.25. The van der Waals surface area contributed by atoms with Gasteiger partial charge in [0.15, 0.2) is 5.78 Å². The molecule has 2 rings (SSSR count). The molecule has 3 heteroatoms. The first-order chi connectivity index (χ1) is 6.70. The zero-order valence-corrected chi connectivity index (χ0v) is 7.93. The third kappa shape index (κ3) is 1.31. The zero-order valence-electron chi connectivity index (χ0n) is 7.93. The summed E-state index contributed by atoms with van der Waals surface area (Å²) in [4.78, 5) is 24.5. The number of amides is 1. The van der Waals surface area contributed by atoms with Crippen LogP contribution in [0.25, 0.3) is 0 Å². The van der Waals surface area contributed by atoms with Gasteiger partial charge in [0.1, 0.15) is 0 Å². The summed E-state index contributed by atoms with van der Waals surface area (Å²) in [6.45, 7) is 1.87. The molecular formula is C11H11NO2. The standard InChI is InChI=1S/C11H11NO2/c1-8-10(13)7-12(11(8)14)9-5-3-2-4-6-9/h2-6,8H,7H2,1H3. The molecule has 0 aliphatic carbocycles. The number of para-hydroxylation sites is 1. The predicted octanol–water partition coefficient (Wildman–Crippen LogP) is 1.24. The molecule has 1 aliphatic heterocycles. The molecule has 1 fully saturated rings. The van der Waals surface area contributed by atoms with Crippen LogP contribution in [0.4, 0.5) is 5.69 Å². The fraction of sp³-hybridized carbons (Fsp3) is 0.273. The van der Waals surface area contributed by atoms with E-state index in [2.05, 4.69) is 0 Å². The second kappa shape index (κ2) is 3.25. The lowest BCUT2D eigenvalue weighted by Gasteiger charge is -2.14. The highest BCUT2D eigenvalue weighted by atomic mass is 16.2. The van der Waals surface area contributed by atoms with Crippen LogP contribution >= 0.6 is 0 Å². The van der Waals surface area contributed by atoms with E-state index in [9.17, 15) is 9.59 Å². The van der Waals surface area contributed by atoms with Gasteiger partial charge in [-0.1, -0.05) is 18.2 Å². The van der Waals surface area contributed by atoms with Crippen molar-refractivity contribution in [3.05, 3.63) is 30.3 Å². The van der Waals surface area contributed by atoms with Gasteiger partial charge in [0.05, 0.1) is 12.5 Å². The van der Waals surface area contributed by atoms with Crippen molar-refractivity contribution >= 4 is 17.4 Å². The molecular weight excluding hydrogens is 178 g/mol. The van der Waals surface area contributed by atoms with Crippen LogP contribution in [0.15, 0.2) is 30.3 Å². The highest BCUT2D eigenvalue weighted by Gasteiger charge is 2.36. The van der Waals surface area contributed by atoms with Crippen molar-refractivity contribution in [2.75, 3.05) is 11.4 Å². The van der Waals surface area contributed by atoms with Crippen molar-refractivity contribution in [2.45, 2.75) is 6.92 Å². The summed E-state index contributed by atoms with van der Waals surface area (Å²) in [5, 5.41) is 0. The minimum atomic E-state index is -0.477. The molecule has 72 valence electrons. The topological polar surface area (TPSA) is 37.4 Å². The molecule has 1 saturated heterocycles. The van der Waals surface area contributed by atoms with Crippen LogP contribution < -0.4 is 4.90 Å². The van der Waals surface area contributed by atoms with Crippen molar-refractivity contribution in [2.24, 2.45) is 5.92 Å². The van der Waals surface area contributed by atoms with Crippen molar-refractivity contribution < 1.29 is 9.59 Å². The molecule has 1 aromatic carbocycles. The van der Waals surface area contributed by atoms with E-state index in [-0.39, 0.29) is 18.2 Å². The minimum Gasteiger partial charge on any atom is -0.304 e. The Labute approximate surface area is 82.3 Å². The zero-order chi connectivity index (χ0) is 10.1. The van der Waals surface area contributed by atoms with Gasteiger partial charge in [-0.2, -0.15) is 0 Å². The number of Topliss-reactive ketones (excluding diaryl/α,β-unsaturated/α-hetero) is 1. The van der Waals surface area contributed by atoms with Crippen LogP contribution in [0.1, 0.15) is 6.92 Å². The number of nitrogens with zero attached hydrogens (tertiary/aromatic N) is 1. The SMILES string of the molecule is CC1C(=O)CN(c2ccccc2)C1=O. The molecule has 0 spiro atoms. The molecule has 0 radical (unpaired) electrons. The van der Waals surface area contributed by atoms with E-state index >= 15 is 0 Å². The number of carbonyl (C=O) groups excluding carboxylic acids is 2. The van der Waals surface area contributed by atoms with E-state index < -0.39 is 5.92 Å². The van der Waals surface area contributed by atoms with Crippen LogP contribution in [0, 0.1) is 5.92 Å². The maximum atomic E-state index is 11.6. The second-order valence-corrected chi connectivity index (χ2v) is 3.45. The van der Waals surface area contributed by atoms with Crippen molar-refractivity contribution in [1.29, 1.82) is 0 Å². The molecule has 0 aromatic heterocycles. The minimum absolute atomic E-state index is 0.00106. The molecule has 14 heavy (non-hydrogen) atoms. The Morgan fingerprint density at radius 2 is 1.86 bits per heavy atom. The smallest absolute Gasteiger partial charge is 0.237 e. The van der Waals surface area contributed by atoms with Crippen molar-refractivity contribution in [3.8, 4) is 0 Å². The molecule has 1 heterocycles. The summed E-state index contributed by atoms with van der Waals surface area (Å²) in [6.07, 6.45) is 0. The number of ketones is 1. The van der Waals surface area contributed by atoms with E-state index in [1.54, 1.807) is 6.92 Å². The van der Waals surface area contributed by atoms with Gasteiger partial charge in [-0.3, -0.25) is 9.59 Å². The van der Waals surface area contributed by atoms with Crippen molar-refractivity contribution in [1.82, 2.24) is 0 Å². The normalized spacial score (nSPS) is 21.8. The number of hydrogen-bond donors (Lipinski definition) is 0. The Hall–Kier alpha value is -1.64. The Bertz CT molecular complexity index is 372. The van der Waals surface area contributed by atoms with Crippen LogP contribution in [-0.4, -0.2) is 18.2 Å². The Kier molecular flexibility index (Phi) is 2.08. The van der Waals surface area contributed by atoms with E-state index in [0.29, 0.717) is 0 Å². The van der Waals surface area contributed by atoms with Gasteiger partial charge in [-0.15, -0.1) is 0 Å². The van der Waals surface area contributed by atoms with Crippen LogP contribution in [0.5, 0.6) is 0 Å². The van der Waals surface area contributed by atoms with Gasteiger partial charge in [0.25, 0.3) is 0 Å². The first-order valence-corrected chi connectivity index (χ1v) is 4.59. The summed E-state index contributed by atoms with van der Waals surface area (Å²) >= 11 is 0. The first kappa shape index (κ1) is 8.94. The number of benzene rings is 1. The molecule has 1 aliphatic rings. The summed E-state index contributed by atoms with van der Waals surface area (Å²) < 4.78 is 0. The number of carbonyl (C=O) groups is 2. The predicted molar refractivity (Wildman–Crippen MR) is 53.0 cm³/mol. The molecule has 1 aromatic rings. The van der Waals surface area contributed by atoms with E-state index in [1.165, 1.54) is 4.90 Å². The van der Waals surface area contributed by atoms with Gasteiger partial charge < -0.3 is 4.90 Å². The lowest BCUT2D eigenvalue weighted by atomic mass is 10.1. The molecule has 3 nitrogen and oxygen atoms in total. The maximum absolute atomic E-state index is 11.6. The number of anilines is 1. The molecule has 0 N–H and O–H groups in total. The van der Waals surface area contributed by atoms with E-state index in [1.807, 2.05) is 30.3 Å².